The number of aliphatic hydroxyl groups excluding tert-OH is 1. The van der Waals surface area contributed by atoms with E-state index in [1.54, 1.807) is 6.07 Å². The third-order valence-corrected chi connectivity index (χ3v) is 4.44. The standard InChI is InChI=1S/C21H28FNO2/c1-6-7-16-19(15-9-8-14(22)10-18(15)25)17(11-24)21(13(4)5)23-20(16)12(2)3/h8-10,12-13,24-25H,6-7,11H2,1-5H3. The Morgan fingerprint density at radius 3 is 2.12 bits per heavy atom. The lowest BCUT2D eigenvalue weighted by molar-refractivity contribution is 0.279. The molecule has 1 heterocycles. The molecule has 0 saturated carbocycles. The van der Waals surface area contributed by atoms with Gasteiger partial charge < -0.3 is 10.2 Å². The number of aliphatic hydroxyl groups is 1. The molecule has 0 radical (unpaired) electrons. The van der Waals surface area contributed by atoms with Gasteiger partial charge in [0.15, 0.2) is 0 Å². The lowest BCUT2D eigenvalue weighted by Crippen LogP contribution is -2.12. The van der Waals surface area contributed by atoms with E-state index in [9.17, 15) is 14.6 Å². The summed E-state index contributed by atoms with van der Waals surface area (Å²) in [6.45, 7) is 10.2. The fourth-order valence-electron chi connectivity index (χ4n) is 3.36. The number of phenolic OH excluding ortho intramolecular Hbond substituents is 1. The maximum Gasteiger partial charge on any atom is 0.126 e. The van der Waals surface area contributed by atoms with Gasteiger partial charge in [-0.3, -0.25) is 4.98 Å². The molecule has 0 aliphatic heterocycles. The molecule has 1 aromatic carbocycles. The second kappa shape index (κ2) is 7.96. The molecular formula is C21H28FNO2. The van der Waals surface area contributed by atoms with E-state index in [-0.39, 0.29) is 24.2 Å². The minimum atomic E-state index is -0.480. The van der Waals surface area contributed by atoms with Crippen molar-refractivity contribution in [3.8, 4) is 16.9 Å². The van der Waals surface area contributed by atoms with Crippen LogP contribution < -0.4 is 0 Å². The zero-order valence-corrected chi connectivity index (χ0v) is 15.7. The Kier molecular flexibility index (Phi) is 6.17. The maximum atomic E-state index is 13.5. The lowest BCUT2D eigenvalue weighted by atomic mass is 9.85. The Morgan fingerprint density at radius 2 is 1.64 bits per heavy atom. The first-order chi connectivity index (χ1) is 11.8. The van der Waals surface area contributed by atoms with Gasteiger partial charge in [-0.2, -0.15) is 0 Å². The van der Waals surface area contributed by atoms with E-state index in [0.717, 1.165) is 47.0 Å². The van der Waals surface area contributed by atoms with Crippen LogP contribution in [-0.4, -0.2) is 15.2 Å². The van der Waals surface area contributed by atoms with Gasteiger partial charge >= 0.3 is 0 Å². The van der Waals surface area contributed by atoms with Crippen LogP contribution in [0.5, 0.6) is 5.75 Å². The highest BCUT2D eigenvalue weighted by atomic mass is 19.1. The molecule has 0 aliphatic rings. The van der Waals surface area contributed by atoms with Crippen LogP contribution in [0.25, 0.3) is 11.1 Å². The molecule has 0 atom stereocenters. The van der Waals surface area contributed by atoms with E-state index in [0.29, 0.717) is 5.56 Å². The molecule has 0 bridgehead atoms. The van der Waals surface area contributed by atoms with Crippen molar-refractivity contribution in [3.63, 3.8) is 0 Å². The summed E-state index contributed by atoms with van der Waals surface area (Å²) in [4.78, 5) is 4.88. The summed E-state index contributed by atoms with van der Waals surface area (Å²) in [5.74, 6) is -0.237. The molecule has 0 saturated heterocycles. The third kappa shape index (κ3) is 3.84. The Bertz CT molecular complexity index is 754. The number of halogens is 1. The number of nitrogens with zero attached hydrogens (tertiary/aromatic N) is 1. The molecule has 0 amide bonds. The van der Waals surface area contributed by atoms with Gasteiger partial charge in [-0.1, -0.05) is 41.0 Å². The minimum absolute atomic E-state index is 0.109. The first-order valence-electron chi connectivity index (χ1n) is 8.97. The zero-order chi connectivity index (χ0) is 18.7. The van der Waals surface area contributed by atoms with E-state index >= 15 is 0 Å². The maximum absolute atomic E-state index is 13.5. The summed E-state index contributed by atoms with van der Waals surface area (Å²) in [6.07, 6.45) is 1.71. The second-order valence-corrected chi connectivity index (χ2v) is 7.09. The highest BCUT2D eigenvalue weighted by Crippen LogP contribution is 2.40. The van der Waals surface area contributed by atoms with E-state index < -0.39 is 5.82 Å². The Balaban J connectivity index is 2.94. The number of hydrogen-bond acceptors (Lipinski definition) is 3. The highest BCUT2D eigenvalue weighted by molar-refractivity contribution is 5.77. The average molecular weight is 345 g/mol. The number of phenols is 1. The largest absolute Gasteiger partial charge is 0.507 e. The molecular weight excluding hydrogens is 317 g/mol. The van der Waals surface area contributed by atoms with Gasteiger partial charge in [-0.05, 0) is 41.5 Å². The van der Waals surface area contributed by atoms with E-state index in [2.05, 4.69) is 20.8 Å². The third-order valence-electron chi connectivity index (χ3n) is 4.44. The smallest absolute Gasteiger partial charge is 0.126 e. The predicted molar refractivity (Wildman–Crippen MR) is 99.4 cm³/mol. The topological polar surface area (TPSA) is 53.4 Å². The number of pyridine rings is 1. The van der Waals surface area contributed by atoms with Gasteiger partial charge in [0.05, 0.1) is 6.61 Å². The molecule has 0 aliphatic carbocycles. The van der Waals surface area contributed by atoms with Gasteiger partial charge in [-0.25, -0.2) is 4.39 Å². The summed E-state index contributed by atoms with van der Waals surface area (Å²) in [5, 5.41) is 20.5. The number of rotatable bonds is 6. The van der Waals surface area contributed by atoms with Crippen LogP contribution in [0.4, 0.5) is 4.39 Å². The molecule has 2 rings (SSSR count). The van der Waals surface area contributed by atoms with Crippen LogP contribution in [0.2, 0.25) is 0 Å². The summed E-state index contributed by atoms with van der Waals surface area (Å²) in [5.41, 5.74) is 4.95. The number of aromatic hydroxyl groups is 1. The molecule has 25 heavy (non-hydrogen) atoms. The van der Waals surface area contributed by atoms with Crippen molar-refractivity contribution in [1.29, 1.82) is 0 Å². The van der Waals surface area contributed by atoms with Crippen LogP contribution in [0, 0.1) is 5.82 Å². The number of hydrogen-bond donors (Lipinski definition) is 2. The average Bonchev–Trinajstić information content (AvgIpc) is 2.54. The summed E-state index contributed by atoms with van der Waals surface area (Å²) in [6, 6.07) is 4.06. The quantitative estimate of drug-likeness (QED) is 0.748. The number of aromatic nitrogens is 1. The van der Waals surface area contributed by atoms with Gasteiger partial charge in [0.2, 0.25) is 0 Å². The van der Waals surface area contributed by atoms with E-state index in [1.807, 2.05) is 13.8 Å². The molecule has 1 aromatic heterocycles. The Hall–Kier alpha value is -1.94. The second-order valence-electron chi connectivity index (χ2n) is 7.09. The van der Waals surface area contributed by atoms with Gasteiger partial charge in [-0.15, -0.1) is 0 Å². The fourth-order valence-corrected chi connectivity index (χ4v) is 3.36. The van der Waals surface area contributed by atoms with Crippen LogP contribution in [0.1, 0.15) is 75.4 Å². The van der Waals surface area contributed by atoms with Crippen LogP contribution in [-0.2, 0) is 13.0 Å². The molecule has 0 fully saturated rings. The van der Waals surface area contributed by atoms with Gasteiger partial charge in [0, 0.05) is 28.6 Å². The van der Waals surface area contributed by atoms with Crippen molar-refractivity contribution in [3.05, 3.63) is 46.5 Å². The van der Waals surface area contributed by atoms with Gasteiger partial charge in [0.25, 0.3) is 0 Å². The van der Waals surface area contributed by atoms with Crippen molar-refractivity contribution in [2.24, 2.45) is 0 Å². The Labute approximate surface area is 149 Å². The molecule has 0 spiro atoms. The normalized spacial score (nSPS) is 11.6. The van der Waals surface area contributed by atoms with Crippen LogP contribution in [0.3, 0.4) is 0 Å². The monoisotopic (exact) mass is 345 g/mol. The lowest BCUT2D eigenvalue weighted by Gasteiger charge is -2.24. The number of benzene rings is 1. The summed E-state index contributed by atoms with van der Waals surface area (Å²) >= 11 is 0. The van der Waals surface area contributed by atoms with Crippen molar-refractivity contribution in [2.45, 2.75) is 65.9 Å². The summed E-state index contributed by atoms with van der Waals surface area (Å²) < 4.78 is 13.5. The Morgan fingerprint density at radius 1 is 1.04 bits per heavy atom. The molecule has 3 nitrogen and oxygen atoms in total. The first-order valence-corrected chi connectivity index (χ1v) is 8.97. The minimum Gasteiger partial charge on any atom is -0.507 e. The highest BCUT2D eigenvalue weighted by Gasteiger charge is 2.24. The SMILES string of the molecule is CCCc1c(C(C)C)nc(C(C)C)c(CO)c1-c1ccc(F)cc1O. The molecule has 0 unspecified atom stereocenters. The van der Waals surface area contributed by atoms with Crippen molar-refractivity contribution in [2.75, 3.05) is 0 Å². The fraction of sp³-hybridized carbons (Fsp3) is 0.476. The van der Waals surface area contributed by atoms with Crippen LogP contribution >= 0.6 is 0 Å². The zero-order valence-electron chi connectivity index (χ0n) is 15.7. The molecule has 2 aromatic rings. The van der Waals surface area contributed by atoms with E-state index in [4.69, 9.17) is 4.98 Å². The molecule has 2 N–H and O–H groups in total. The predicted octanol–water partition coefficient (Wildman–Crippen LogP) is 5.28. The molecule has 136 valence electrons. The first kappa shape index (κ1) is 19.4. The van der Waals surface area contributed by atoms with Crippen molar-refractivity contribution in [1.82, 2.24) is 4.98 Å². The molecule has 4 heteroatoms. The van der Waals surface area contributed by atoms with Crippen molar-refractivity contribution >= 4 is 0 Å². The van der Waals surface area contributed by atoms with E-state index in [1.165, 1.54) is 6.07 Å². The van der Waals surface area contributed by atoms with Crippen molar-refractivity contribution < 1.29 is 14.6 Å². The van der Waals surface area contributed by atoms with Gasteiger partial charge in [0.1, 0.15) is 11.6 Å². The van der Waals surface area contributed by atoms with Crippen LogP contribution in [0.15, 0.2) is 18.2 Å². The summed E-state index contributed by atoms with van der Waals surface area (Å²) in [7, 11) is 0.